The number of amides is 1. The van der Waals surface area contributed by atoms with Crippen LogP contribution in [0.4, 0.5) is 0 Å². The van der Waals surface area contributed by atoms with Crippen LogP contribution in [0, 0.1) is 17.3 Å². The normalized spacial score (nSPS) is 27.3. The smallest absolute Gasteiger partial charge is 0.236 e. The molecule has 0 aromatic carbocycles. The monoisotopic (exact) mass is 295 g/mol. The minimum atomic E-state index is -0.837. The Morgan fingerprint density at radius 3 is 2.43 bits per heavy atom. The van der Waals surface area contributed by atoms with Crippen LogP contribution in [0.1, 0.15) is 58.8 Å². The Balaban J connectivity index is 2.14. The van der Waals surface area contributed by atoms with E-state index in [1.54, 1.807) is 0 Å². The van der Waals surface area contributed by atoms with Crippen molar-refractivity contribution >= 4 is 11.7 Å². The number of amidine groups is 1. The topological polar surface area (TPSA) is 78.9 Å². The zero-order valence-corrected chi connectivity index (χ0v) is 13.3. The van der Waals surface area contributed by atoms with E-state index in [0.29, 0.717) is 18.8 Å². The first-order valence-electron chi connectivity index (χ1n) is 8.36. The molecule has 1 amide bonds. The first kappa shape index (κ1) is 16.1. The Kier molecular flexibility index (Phi) is 5.12. The molecule has 2 atom stereocenters. The van der Waals surface area contributed by atoms with Crippen LogP contribution in [-0.2, 0) is 4.79 Å². The first-order valence-corrected chi connectivity index (χ1v) is 8.36. The summed E-state index contributed by atoms with van der Waals surface area (Å²) in [6, 6.07) is 0. The highest BCUT2D eigenvalue weighted by Gasteiger charge is 2.44. The van der Waals surface area contributed by atoms with E-state index in [-0.39, 0.29) is 11.7 Å². The lowest BCUT2D eigenvalue weighted by atomic mass is 9.73. The number of hydrogen-bond acceptors (Lipinski definition) is 3. The van der Waals surface area contributed by atoms with Crippen molar-refractivity contribution in [1.29, 1.82) is 0 Å². The Morgan fingerprint density at radius 2 is 1.86 bits per heavy atom. The van der Waals surface area contributed by atoms with E-state index < -0.39 is 5.41 Å². The van der Waals surface area contributed by atoms with Crippen molar-refractivity contribution in [2.75, 3.05) is 13.1 Å². The molecule has 1 aliphatic heterocycles. The molecular weight excluding hydrogens is 266 g/mol. The average Bonchev–Trinajstić information content (AvgIpc) is 2.55. The third kappa shape index (κ3) is 2.87. The predicted molar refractivity (Wildman–Crippen MR) is 83.1 cm³/mol. The predicted octanol–water partition coefficient (Wildman–Crippen LogP) is 2.58. The molecule has 0 bridgehead atoms. The molecule has 1 saturated carbocycles. The van der Waals surface area contributed by atoms with Gasteiger partial charge in [-0.25, -0.2) is 0 Å². The maximum atomic E-state index is 13.0. The summed E-state index contributed by atoms with van der Waals surface area (Å²) in [5, 5.41) is 12.2. The summed E-state index contributed by atoms with van der Waals surface area (Å²) in [6.07, 6.45) is 7.44. The number of piperidine rings is 1. The highest BCUT2D eigenvalue weighted by molar-refractivity contribution is 6.06. The van der Waals surface area contributed by atoms with E-state index in [0.717, 1.165) is 25.4 Å². The minimum absolute atomic E-state index is 0.0480. The maximum Gasteiger partial charge on any atom is 0.236 e. The van der Waals surface area contributed by atoms with E-state index in [9.17, 15) is 4.79 Å². The van der Waals surface area contributed by atoms with Gasteiger partial charge >= 0.3 is 0 Å². The molecule has 1 heterocycles. The third-order valence-electron chi connectivity index (χ3n) is 5.79. The van der Waals surface area contributed by atoms with Gasteiger partial charge in [-0.1, -0.05) is 38.3 Å². The van der Waals surface area contributed by atoms with Crippen molar-refractivity contribution in [3.8, 4) is 0 Å². The average molecular weight is 295 g/mol. The van der Waals surface area contributed by atoms with Gasteiger partial charge in [-0.2, -0.15) is 0 Å². The number of nitrogens with two attached hydrogens (primary N) is 1. The second-order valence-corrected chi connectivity index (χ2v) is 6.62. The molecule has 21 heavy (non-hydrogen) atoms. The van der Waals surface area contributed by atoms with Gasteiger partial charge in [-0.15, -0.1) is 0 Å². The van der Waals surface area contributed by atoms with Crippen LogP contribution in [0.25, 0.3) is 0 Å². The lowest BCUT2D eigenvalue weighted by Crippen LogP contribution is -2.54. The first-order chi connectivity index (χ1) is 10.1. The number of oxime groups is 1. The summed E-state index contributed by atoms with van der Waals surface area (Å²) in [7, 11) is 0. The quantitative estimate of drug-likeness (QED) is 0.362. The van der Waals surface area contributed by atoms with Crippen LogP contribution in [0.5, 0.6) is 0 Å². The van der Waals surface area contributed by atoms with Gasteiger partial charge in [0.15, 0.2) is 5.84 Å². The second-order valence-electron chi connectivity index (χ2n) is 6.62. The SMILES string of the molecule is CCC(CC)(C(=O)N1CCC2CCCCC2C1)C(N)=NO. The Hall–Kier alpha value is -1.26. The highest BCUT2D eigenvalue weighted by Crippen LogP contribution is 2.38. The van der Waals surface area contributed by atoms with Crippen LogP contribution in [-0.4, -0.2) is 34.9 Å². The highest BCUT2D eigenvalue weighted by atomic mass is 16.4. The lowest BCUT2D eigenvalue weighted by Gasteiger charge is -2.44. The van der Waals surface area contributed by atoms with E-state index in [1.807, 2.05) is 18.7 Å². The molecule has 2 aliphatic rings. The summed E-state index contributed by atoms with van der Waals surface area (Å²) >= 11 is 0. The van der Waals surface area contributed by atoms with Gasteiger partial charge in [0.25, 0.3) is 0 Å². The fourth-order valence-corrected chi connectivity index (χ4v) is 4.21. The molecule has 0 spiro atoms. The van der Waals surface area contributed by atoms with Crippen LogP contribution in [0.15, 0.2) is 5.16 Å². The van der Waals surface area contributed by atoms with Crippen LogP contribution >= 0.6 is 0 Å². The van der Waals surface area contributed by atoms with E-state index in [4.69, 9.17) is 10.9 Å². The number of carbonyl (C=O) groups is 1. The van der Waals surface area contributed by atoms with Gasteiger partial charge in [0, 0.05) is 13.1 Å². The summed E-state index contributed by atoms with van der Waals surface area (Å²) < 4.78 is 0. The van der Waals surface area contributed by atoms with Crippen molar-refractivity contribution < 1.29 is 10.0 Å². The molecule has 1 saturated heterocycles. The maximum absolute atomic E-state index is 13.0. The van der Waals surface area contributed by atoms with Crippen molar-refractivity contribution in [3.05, 3.63) is 0 Å². The van der Waals surface area contributed by atoms with E-state index >= 15 is 0 Å². The molecule has 3 N–H and O–H groups in total. The summed E-state index contributed by atoms with van der Waals surface area (Å²) in [4.78, 5) is 15.0. The number of rotatable bonds is 4. The lowest BCUT2D eigenvalue weighted by molar-refractivity contribution is -0.142. The molecule has 5 nitrogen and oxygen atoms in total. The number of hydrogen-bond donors (Lipinski definition) is 2. The molecular formula is C16H29N3O2. The van der Waals surface area contributed by atoms with Crippen molar-refractivity contribution in [2.45, 2.75) is 58.8 Å². The van der Waals surface area contributed by atoms with Gasteiger partial charge in [0.2, 0.25) is 5.91 Å². The Bertz CT molecular complexity index is 404. The summed E-state index contributed by atoms with van der Waals surface area (Å²) in [5.41, 5.74) is 5.03. The molecule has 0 radical (unpaired) electrons. The van der Waals surface area contributed by atoms with Gasteiger partial charge in [0.05, 0.1) is 0 Å². The molecule has 2 unspecified atom stereocenters. The van der Waals surface area contributed by atoms with Crippen molar-refractivity contribution in [1.82, 2.24) is 4.90 Å². The minimum Gasteiger partial charge on any atom is -0.409 e. The number of carbonyl (C=O) groups excluding carboxylic acids is 1. The fraction of sp³-hybridized carbons (Fsp3) is 0.875. The van der Waals surface area contributed by atoms with Crippen LogP contribution in [0.3, 0.4) is 0 Å². The number of nitrogens with zero attached hydrogens (tertiary/aromatic N) is 2. The molecule has 2 fully saturated rings. The molecule has 0 aromatic rings. The third-order valence-corrected chi connectivity index (χ3v) is 5.79. The number of fused-ring (bicyclic) bond motifs is 1. The van der Waals surface area contributed by atoms with Crippen molar-refractivity contribution in [3.63, 3.8) is 0 Å². The van der Waals surface area contributed by atoms with Gasteiger partial charge in [-0.3, -0.25) is 4.79 Å². The Labute approximate surface area is 127 Å². The zero-order valence-electron chi connectivity index (χ0n) is 13.3. The van der Waals surface area contributed by atoms with Gasteiger partial charge in [-0.05, 0) is 37.5 Å². The summed E-state index contributed by atoms with van der Waals surface area (Å²) in [6.45, 7) is 5.55. The van der Waals surface area contributed by atoms with E-state index in [1.165, 1.54) is 25.7 Å². The number of likely N-dealkylation sites (tertiary alicyclic amines) is 1. The summed E-state index contributed by atoms with van der Waals surface area (Å²) in [5.74, 6) is 1.55. The standard InChI is InChI=1S/C16H29N3O2/c1-3-16(4-2,14(17)18-21)15(20)19-10-9-12-7-5-6-8-13(12)11-19/h12-13,21H,3-11H2,1-2H3,(H2,17,18). The van der Waals surface area contributed by atoms with Crippen molar-refractivity contribution in [2.24, 2.45) is 28.1 Å². The van der Waals surface area contributed by atoms with Gasteiger partial charge < -0.3 is 15.8 Å². The van der Waals surface area contributed by atoms with Crippen LogP contribution < -0.4 is 5.73 Å². The Morgan fingerprint density at radius 1 is 1.24 bits per heavy atom. The second kappa shape index (κ2) is 6.67. The fourth-order valence-electron chi connectivity index (χ4n) is 4.21. The molecule has 0 aromatic heterocycles. The van der Waals surface area contributed by atoms with Gasteiger partial charge in [0.1, 0.15) is 5.41 Å². The van der Waals surface area contributed by atoms with E-state index in [2.05, 4.69) is 5.16 Å². The molecule has 120 valence electrons. The zero-order chi connectivity index (χ0) is 15.5. The molecule has 5 heteroatoms. The molecule has 2 rings (SSSR count). The van der Waals surface area contributed by atoms with Crippen LogP contribution in [0.2, 0.25) is 0 Å². The molecule has 1 aliphatic carbocycles. The largest absolute Gasteiger partial charge is 0.409 e.